The van der Waals surface area contributed by atoms with Crippen LogP contribution in [0.25, 0.3) is 5.69 Å². The van der Waals surface area contributed by atoms with Crippen LogP contribution >= 0.6 is 0 Å². The molecule has 0 spiro atoms. The summed E-state index contributed by atoms with van der Waals surface area (Å²) in [6, 6.07) is 7.71. The second-order valence-corrected chi connectivity index (χ2v) is 5.72. The van der Waals surface area contributed by atoms with Crippen molar-refractivity contribution < 1.29 is 9.53 Å². The van der Waals surface area contributed by atoms with E-state index in [0.717, 1.165) is 11.4 Å². The number of carbonyl (C=O) groups excluding carboxylic acids is 1. The number of amides is 1. The van der Waals surface area contributed by atoms with Crippen LogP contribution in [0.2, 0.25) is 0 Å². The van der Waals surface area contributed by atoms with Crippen LogP contribution in [0.5, 0.6) is 0 Å². The van der Waals surface area contributed by atoms with Gasteiger partial charge in [0, 0.05) is 18.8 Å². The van der Waals surface area contributed by atoms with Crippen molar-refractivity contribution in [2.75, 3.05) is 18.4 Å². The smallest absolute Gasteiger partial charge is 0.407 e. The minimum Gasteiger partial charge on any atom is -0.444 e. The summed E-state index contributed by atoms with van der Waals surface area (Å²) in [6.45, 7) is 6.60. The van der Waals surface area contributed by atoms with Crippen LogP contribution in [0.1, 0.15) is 20.8 Å². The van der Waals surface area contributed by atoms with Crippen LogP contribution in [0, 0.1) is 0 Å². The van der Waals surface area contributed by atoms with Crippen molar-refractivity contribution in [1.29, 1.82) is 0 Å². The maximum Gasteiger partial charge on any atom is 0.407 e. The number of aromatic nitrogens is 3. The Morgan fingerprint density at radius 2 is 1.77 bits per heavy atom. The zero-order valence-electron chi connectivity index (χ0n) is 13.0. The Labute approximate surface area is 129 Å². The summed E-state index contributed by atoms with van der Waals surface area (Å²) in [5.41, 5.74) is 1.37. The Bertz CT molecular complexity index is 587. The molecule has 0 aliphatic heterocycles. The summed E-state index contributed by atoms with van der Waals surface area (Å²) in [5.74, 6) is 0. The molecule has 0 atom stereocenters. The van der Waals surface area contributed by atoms with Gasteiger partial charge in [0.1, 0.15) is 5.60 Å². The van der Waals surface area contributed by atoms with Crippen molar-refractivity contribution in [2.24, 2.45) is 0 Å². The van der Waals surface area contributed by atoms with E-state index < -0.39 is 11.7 Å². The number of hydrogen-bond donors (Lipinski definition) is 2. The molecular formula is C15H21N5O2. The van der Waals surface area contributed by atoms with Crippen molar-refractivity contribution in [1.82, 2.24) is 20.3 Å². The second kappa shape index (κ2) is 6.93. The van der Waals surface area contributed by atoms with Crippen molar-refractivity contribution >= 4 is 11.8 Å². The predicted molar refractivity (Wildman–Crippen MR) is 84.1 cm³/mol. The summed E-state index contributed by atoms with van der Waals surface area (Å²) in [5, 5.41) is 14.0. The number of benzene rings is 1. The normalized spacial score (nSPS) is 11.0. The van der Waals surface area contributed by atoms with E-state index in [-0.39, 0.29) is 0 Å². The van der Waals surface area contributed by atoms with Crippen LogP contribution in [-0.2, 0) is 4.74 Å². The molecule has 2 aromatic rings. The van der Waals surface area contributed by atoms with Crippen molar-refractivity contribution in [3.05, 3.63) is 36.7 Å². The summed E-state index contributed by atoms with van der Waals surface area (Å²) in [6.07, 6.45) is 2.86. The topological polar surface area (TPSA) is 81.1 Å². The summed E-state index contributed by atoms with van der Waals surface area (Å²) < 4.78 is 5.15. The van der Waals surface area contributed by atoms with Crippen LogP contribution in [0.15, 0.2) is 36.7 Å². The van der Waals surface area contributed by atoms with Gasteiger partial charge in [-0.1, -0.05) is 0 Å². The molecule has 22 heavy (non-hydrogen) atoms. The number of hydrogen-bond acceptors (Lipinski definition) is 5. The van der Waals surface area contributed by atoms with Crippen LogP contribution in [0.4, 0.5) is 10.5 Å². The molecule has 1 heterocycles. The Balaban J connectivity index is 1.72. The Morgan fingerprint density at radius 1 is 1.14 bits per heavy atom. The molecule has 0 saturated carbocycles. The lowest BCUT2D eigenvalue weighted by Gasteiger charge is -2.19. The van der Waals surface area contributed by atoms with E-state index in [0.29, 0.717) is 13.1 Å². The van der Waals surface area contributed by atoms with Gasteiger partial charge < -0.3 is 15.4 Å². The first-order valence-electron chi connectivity index (χ1n) is 7.11. The van der Waals surface area contributed by atoms with Crippen molar-refractivity contribution in [3.63, 3.8) is 0 Å². The Morgan fingerprint density at radius 3 is 2.36 bits per heavy atom. The van der Waals surface area contributed by atoms with Gasteiger partial charge in [-0.2, -0.15) is 15.0 Å². The third-order valence-corrected chi connectivity index (χ3v) is 2.64. The van der Waals surface area contributed by atoms with E-state index in [1.54, 1.807) is 17.2 Å². The first-order valence-corrected chi connectivity index (χ1v) is 7.11. The SMILES string of the molecule is CC(C)(C)OC(=O)NCCNc1ccc(-n2nccn2)cc1. The lowest BCUT2D eigenvalue weighted by Crippen LogP contribution is -2.34. The summed E-state index contributed by atoms with van der Waals surface area (Å²) >= 11 is 0. The van der Waals surface area contributed by atoms with Gasteiger partial charge in [-0.15, -0.1) is 0 Å². The minimum atomic E-state index is -0.478. The highest BCUT2D eigenvalue weighted by Crippen LogP contribution is 2.11. The quantitative estimate of drug-likeness (QED) is 0.828. The standard InChI is InChI=1S/C15H21N5O2/c1-15(2,3)22-14(21)17-9-8-16-12-4-6-13(7-5-12)20-18-10-11-19-20/h4-7,10-11,16H,8-9H2,1-3H3,(H,17,21). The van der Waals surface area contributed by atoms with Gasteiger partial charge >= 0.3 is 6.09 Å². The highest BCUT2D eigenvalue weighted by atomic mass is 16.6. The first kappa shape index (κ1) is 15.8. The molecule has 1 aromatic heterocycles. The van der Waals surface area contributed by atoms with Gasteiger partial charge in [0.2, 0.25) is 0 Å². The van der Waals surface area contributed by atoms with Gasteiger partial charge in [-0.25, -0.2) is 4.79 Å². The van der Waals surface area contributed by atoms with Crippen molar-refractivity contribution in [3.8, 4) is 5.69 Å². The molecule has 0 radical (unpaired) electrons. The molecule has 7 heteroatoms. The van der Waals surface area contributed by atoms with Crippen molar-refractivity contribution in [2.45, 2.75) is 26.4 Å². The number of rotatable bonds is 5. The monoisotopic (exact) mass is 303 g/mol. The molecule has 2 N–H and O–H groups in total. The maximum atomic E-state index is 11.5. The van der Waals surface area contributed by atoms with Gasteiger partial charge in [0.25, 0.3) is 0 Å². The number of nitrogens with zero attached hydrogens (tertiary/aromatic N) is 3. The molecule has 0 bridgehead atoms. The lowest BCUT2D eigenvalue weighted by atomic mass is 10.2. The first-order chi connectivity index (χ1) is 10.4. The Hall–Kier alpha value is -2.57. The van der Waals surface area contributed by atoms with Gasteiger partial charge in [0.15, 0.2) is 0 Å². The fourth-order valence-electron chi connectivity index (χ4n) is 1.75. The lowest BCUT2D eigenvalue weighted by molar-refractivity contribution is 0.0530. The molecule has 0 saturated heterocycles. The zero-order chi connectivity index (χ0) is 16.0. The number of anilines is 1. The largest absolute Gasteiger partial charge is 0.444 e. The van der Waals surface area contributed by atoms with E-state index in [2.05, 4.69) is 20.8 Å². The number of alkyl carbamates (subject to hydrolysis) is 1. The molecule has 1 aromatic carbocycles. The molecule has 0 fully saturated rings. The summed E-state index contributed by atoms with van der Waals surface area (Å²) in [4.78, 5) is 13.0. The van der Waals surface area contributed by atoms with E-state index in [1.807, 2.05) is 45.0 Å². The molecule has 1 amide bonds. The van der Waals surface area contributed by atoms with Gasteiger partial charge in [-0.05, 0) is 45.0 Å². The second-order valence-electron chi connectivity index (χ2n) is 5.72. The molecular weight excluding hydrogens is 282 g/mol. The number of ether oxygens (including phenoxy) is 1. The highest BCUT2D eigenvalue weighted by molar-refractivity contribution is 5.67. The number of nitrogens with one attached hydrogen (secondary N) is 2. The Kier molecular flexibility index (Phi) is 4.98. The fraction of sp³-hybridized carbons (Fsp3) is 0.400. The van der Waals surface area contributed by atoms with Gasteiger partial charge in [-0.3, -0.25) is 0 Å². The average Bonchev–Trinajstić information content (AvgIpc) is 2.96. The van der Waals surface area contributed by atoms with E-state index in [9.17, 15) is 4.79 Å². The fourth-order valence-corrected chi connectivity index (χ4v) is 1.75. The molecule has 0 aliphatic carbocycles. The van der Waals surface area contributed by atoms with E-state index >= 15 is 0 Å². The van der Waals surface area contributed by atoms with Crippen LogP contribution in [0.3, 0.4) is 0 Å². The van der Waals surface area contributed by atoms with E-state index in [4.69, 9.17) is 4.74 Å². The van der Waals surface area contributed by atoms with Crippen LogP contribution < -0.4 is 10.6 Å². The number of carbonyl (C=O) groups is 1. The third-order valence-electron chi connectivity index (χ3n) is 2.64. The van der Waals surface area contributed by atoms with Crippen LogP contribution in [-0.4, -0.2) is 39.8 Å². The average molecular weight is 303 g/mol. The highest BCUT2D eigenvalue weighted by Gasteiger charge is 2.15. The molecule has 0 aliphatic rings. The predicted octanol–water partition coefficient (Wildman–Crippen LogP) is 2.20. The minimum absolute atomic E-state index is 0.408. The molecule has 2 rings (SSSR count). The molecule has 0 unspecified atom stereocenters. The van der Waals surface area contributed by atoms with E-state index in [1.165, 1.54) is 0 Å². The molecule has 7 nitrogen and oxygen atoms in total. The molecule has 118 valence electrons. The zero-order valence-corrected chi connectivity index (χ0v) is 13.0. The summed E-state index contributed by atoms with van der Waals surface area (Å²) in [7, 11) is 0. The third kappa shape index (κ3) is 5.08. The van der Waals surface area contributed by atoms with Gasteiger partial charge in [0.05, 0.1) is 18.1 Å². The maximum absolute atomic E-state index is 11.5.